The summed E-state index contributed by atoms with van der Waals surface area (Å²) in [6.07, 6.45) is 0.0945. The molecule has 5 N–H and O–H groups in total. The number of rotatable bonds is 7. The summed E-state index contributed by atoms with van der Waals surface area (Å²) < 4.78 is 0. The van der Waals surface area contributed by atoms with E-state index in [0.29, 0.717) is 22.4 Å². The van der Waals surface area contributed by atoms with Gasteiger partial charge in [-0.15, -0.1) is 0 Å². The van der Waals surface area contributed by atoms with Crippen LogP contribution in [0, 0.1) is 23.7 Å². The summed E-state index contributed by atoms with van der Waals surface area (Å²) in [4.78, 5) is 85.3. The molecule has 13 nitrogen and oxygen atoms in total. The number of nitrogens with two attached hydrogens (primary N) is 1. The second-order valence-corrected chi connectivity index (χ2v) is 11.9. The monoisotopic (exact) mass is 606 g/mol. The summed E-state index contributed by atoms with van der Waals surface area (Å²) in [7, 11) is 6.13. The molecular formula is C31H34N4O9. The maximum absolute atomic E-state index is 14.0. The van der Waals surface area contributed by atoms with Crippen LogP contribution < -0.4 is 11.1 Å². The maximum atomic E-state index is 14.0. The van der Waals surface area contributed by atoms with Gasteiger partial charge >= 0.3 is 0 Å². The van der Waals surface area contributed by atoms with Gasteiger partial charge in [0, 0.05) is 18.7 Å². The van der Waals surface area contributed by atoms with E-state index in [1.165, 1.54) is 37.2 Å². The van der Waals surface area contributed by atoms with Gasteiger partial charge in [0.1, 0.15) is 12.3 Å². The first-order valence-electron chi connectivity index (χ1n) is 14.1. The number of nitrogens with zero attached hydrogens (tertiary/aromatic N) is 2. The van der Waals surface area contributed by atoms with Gasteiger partial charge in [-0.25, -0.2) is 0 Å². The number of phenols is 1. The van der Waals surface area contributed by atoms with Gasteiger partial charge in [-0.3, -0.25) is 33.7 Å². The third-order valence-corrected chi connectivity index (χ3v) is 9.10. The van der Waals surface area contributed by atoms with E-state index in [2.05, 4.69) is 5.32 Å². The zero-order valence-corrected chi connectivity index (χ0v) is 24.7. The molecule has 2 saturated carbocycles. The topological polar surface area (TPSA) is 197 Å². The van der Waals surface area contributed by atoms with Crippen molar-refractivity contribution in [2.24, 2.45) is 29.4 Å². The molecule has 0 aromatic heterocycles. The molecule has 2 aromatic carbocycles. The fourth-order valence-electron chi connectivity index (χ4n) is 7.08. The number of nitrogens with one attached hydrogen (secondary N) is 1. The van der Waals surface area contributed by atoms with Gasteiger partial charge in [-0.1, -0.05) is 18.2 Å². The Labute approximate surface area is 252 Å². The Hall–Kier alpha value is -4.30. The molecule has 0 aliphatic heterocycles. The number of anilines is 1. The number of amides is 2. The van der Waals surface area contributed by atoms with E-state index in [1.807, 2.05) is 0 Å². The Bertz CT molecular complexity index is 1590. The van der Waals surface area contributed by atoms with E-state index in [1.54, 1.807) is 37.4 Å². The number of benzene rings is 2. The highest BCUT2D eigenvalue weighted by Gasteiger charge is 2.69. The Kier molecular flexibility index (Phi) is 8.01. The summed E-state index contributed by atoms with van der Waals surface area (Å²) >= 11 is 0. The molecule has 6 atom stereocenters. The Morgan fingerprint density at radius 2 is 1.70 bits per heavy atom. The van der Waals surface area contributed by atoms with Crippen molar-refractivity contribution in [2.75, 3.05) is 40.1 Å². The summed E-state index contributed by atoms with van der Waals surface area (Å²) in [5.74, 6) is -11.3. The Morgan fingerprint density at radius 3 is 2.30 bits per heavy atom. The van der Waals surface area contributed by atoms with E-state index in [-0.39, 0.29) is 36.6 Å². The second-order valence-electron chi connectivity index (χ2n) is 11.9. The van der Waals surface area contributed by atoms with Crippen molar-refractivity contribution in [2.45, 2.75) is 24.5 Å². The van der Waals surface area contributed by atoms with Crippen molar-refractivity contribution in [3.63, 3.8) is 0 Å². The highest BCUT2D eigenvalue weighted by Crippen LogP contribution is 2.51. The smallest absolute Gasteiger partial charge is 0.240 e. The Balaban J connectivity index is 1.52. The van der Waals surface area contributed by atoms with E-state index in [0.717, 1.165) is 0 Å². The van der Waals surface area contributed by atoms with Crippen LogP contribution in [0.3, 0.4) is 0 Å². The van der Waals surface area contributed by atoms with Crippen molar-refractivity contribution >= 4 is 40.6 Å². The van der Waals surface area contributed by atoms with Gasteiger partial charge in [-0.2, -0.15) is 5.06 Å². The van der Waals surface area contributed by atoms with Crippen LogP contribution in [0.5, 0.6) is 5.75 Å². The highest BCUT2D eigenvalue weighted by molar-refractivity contribution is 6.32. The zero-order chi connectivity index (χ0) is 32.2. The number of aromatic hydroxyl groups is 1. The fraction of sp³-hybridized carbons (Fsp3) is 0.419. The van der Waals surface area contributed by atoms with Crippen molar-refractivity contribution < 1.29 is 43.8 Å². The van der Waals surface area contributed by atoms with Crippen LogP contribution in [0.4, 0.5) is 5.69 Å². The lowest BCUT2D eigenvalue weighted by atomic mass is 9.52. The predicted molar refractivity (Wildman–Crippen MR) is 155 cm³/mol. The number of carbonyl (C=O) groups excluding carboxylic acids is 6. The highest BCUT2D eigenvalue weighted by atomic mass is 16.7. The standard InChI is InChI=1S/C31H34N4O9/c1-34(2)25-19-12-15-11-18-17(14-5-7-16(8-6-14)33-21(37)13-35(3)44-4)9-10-20(36)23(18)26(38)22(15)28(40)31(19,43)29(41)24(27(25)39)30(32)42/h5-10,15,19,22,24-25,36,43H,11-13H2,1-4H3,(H2,32,42)(H,33,37)/t15?,19?,22?,24?,25-,31?/m1/s1. The molecule has 0 bridgehead atoms. The van der Waals surface area contributed by atoms with Crippen molar-refractivity contribution in [1.82, 2.24) is 9.96 Å². The van der Waals surface area contributed by atoms with Gasteiger partial charge in [0.2, 0.25) is 11.8 Å². The average Bonchev–Trinajstić information content (AvgIpc) is 2.95. The van der Waals surface area contributed by atoms with Gasteiger partial charge in [0.05, 0.1) is 24.6 Å². The quantitative estimate of drug-likeness (QED) is 0.244. The third-order valence-electron chi connectivity index (χ3n) is 9.10. The summed E-state index contributed by atoms with van der Waals surface area (Å²) in [6.45, 7) is 0.0122. The fourth-order valence-corrected chi connectivity index (χ4v) is 7.08. The third kappa shape index (κ3) is 4.81. The van der Waals surface area contributed by atoms with E-state index in [4.69, 9.17) is 10.6 Å². The molecule has 0 heterocycles. The summed E-state index contributed by atoms with van der Waals surface area (Å²) in [5.41, 5.74) is 4.80. The number of primary amides is 1. The summed E-state index contributed by atoms with van der Waals surface area (Å²) in [5, 5.41) is 26.6. The first-order valence-corrected chi connectivity index (χ1v) is 14.1. The number of hydrogen-bond acceptors (Lipinski definition) is 11. The molecule has 5 rings (SSSR count). The van der Waals surface area contributed by atoms with E-state index >= 15 is 0 Å². The average molecular weight is 607 g/mol. The predicted octanol–water partition coefficient (Wildman–Crippen LogP) is -0.0343. The molecule has 0 spiro atoms. The molecule has 3 aliphatic carbocycles. The first kappa shape index (κ1) is 31.1. The Morgan fingerprint density at radius 1 is 1.05 bits per heavy atom. The van der Waals surface area contributed by atoms with Crippen molar-refractivity contribution in [1.29, 1.82) is 0 Å². The van der Waals surface area contributed by atoms with Gasteiger partial charge in [-0.05, 0) is 67.7 Å². The lowest BCUT2D eigenvalue weighted by Gasteiger charge is -2.52. The maximum Gasteiger partial charge on any atom is 0.240 e. The number of likely N-dealkylation sites (N-methyl/N-ethyl adjacent to an activating group) is 2. The number of ketones is 4. The molecule has 2 aromatic rings. The van der Waals surface area contributed by atoms with E-state index < -0.39 is 64.4 Å². The number of carbonyl (C=O) groups is 6. The normalized spacial score (nSPS) is 28.0. The number of aliphatic hydroxyl groups is 1. The van der Waals surface area contributed by atoms with Crippen LogP contribution in [-0.4, -0.2) is 102 Å². The lowest BCUT2D eigenvalue weighted by Crippen LogP contribution is -2.74. The molecule has 0 saturated heterocycles. The number of Topliss-reactive ketones (excluding diaryl/α,β-unsaturated/α-hetero) is 4. The molecule has 44 heavy (non-hydrogen) atoms. The zero-order valence-electron chi connectivity index (χ0n) is 24.7. The van der Waals surface area contributed by atoms with Gasteiger partial charge in [0.25, 0.3) is 0 Å². The number of fused-ring (bicyclic) bond motifs is 3. The summed E-state index contributed by atoms with van der Waals surface area (Å²) in [6, 6.07) is 8.68. The van der Waals surface area contributed by atoms with Crippen LogP contribution >= 0.6 is 0 Å². The van der Waals surface area contributed by atoms with Crippen LogP contribution in [0.25, 0.3) is 11.1 Å². The van der Waals surface area contributed by atoms with Crippen LogP contribution in [0.2, 0.25) is 0 Å². The molecule has 232 valence electrons. The van der Waals surface area contributed by atoms with Crippen molar-refractivity contribution in [3.8, 4) is 16.9 Å². The largest absolute Gasteiger partial charge is 0.507 e. The van der Waals surface area contributed by atoms with E-state index in [9.17, 15) is 39.0 Å². The van der Waals surface area contributed by atoms with Crippen LogP contribution in [-0.2, 0) is 35.2 Å². The van der Waals surface area contributed by atoms with Gasteiger partial charge < -0.3 is 26.1 Å². The van der Waals surface area contributed by atoms with Crippen LogP contribution in [0.15, 0.2) is 36.4 Å². The second kappa shape index (κ2) is 11.3. The van der Waals surface area contributed by atoms with Gasteiger partial charge in [0.15, 0.2) is 34.7 Å². The molecule has 2 amide bonds. The molecule has 0 radical (unpaired) electrons. The molecule has 5 unspecified atom stereocenters. The van der Waals surface area contributed by atoms with Crippen molar-refractivity contribution in [3.05, 3.63) is 47.5 Å². The first-order chi connectivity index (χ1) is 20.7. The molecule has 13 heteroatoms. The minimum absolute atomic E-state index is 0.0122. The molecule has 2 fully saturated rings. The molecular weight excluding hydrogens is 572 g/mol. The van der Waals surface area contributed by atoms with Crippen LogP contribution in [0.1, 0.15) is 22.3 Å². The SMILES string of the molecule is CON(C)CC(=O)Nc1ccc(-c2ccc(O)c3c2CC2CC4[C@@H](N(C)C)C(=O)C(C(N)=O)C(=O)C4(O)C(=O)C2C3=O)cc1. The number of phenolic OH excluding ortho intramolecular Hbond substituents is 1. The number of hydrogen-bond donors (Lipinski definition) is 4. The number of hydroxylamine groups is 2. The minimum atomic E-state index is -2.78. The lowest BCUT2D eigenvalue weighted by molar-refractivity contribution is -0.181. The molecule has 3 aliphatic rings. The minimum Gasteiger partial charge on any atom is -0.507 e.